The predicted molar refractivity (Wildman–Crippen MR) is 96.2 cm³/mol. The maximum atomic E-state index is 12.5. The third-order valence-corrected chi connectivity index (χ3v) is 5.96. The predicted octanol–water partition coefficient (Wildman–Crippen LogP) is 2.98. The van der Waals surface area contributed by atoms with Gasteiger partial charge in [-0.15, -0.1) is 0 Å². The first-order valence-electron chi connectivity index (χ1n) is 8.67. The normalized spacial score (nSPS) is 21.0. The third kappa shape index (κ3) is 2.98. The zero-order chi connectivity index (χ0) is 18.3. The summed E-state index contributed by atoms with van der Waals surface area (Å²) in [7, 11) is 0. The molecule has 1 N–H and O–H groups in total. The van der Waals surface area contributed by atoms with Crippen LogP contribution < -0.4 is 4.74 Å². The molecule has 1 aromatic carbocycles. The lowest BCUT2D eigenvalue weighted by atomic mass is 9.91. The van der Waals surface area contributed by atoms with Crippen molar-refractivity contribution in [3.8, 4) is 5.75 Å². The molecule has 2 aliphatic rings. The minimum Gasteiger partial charge on any atom is -0.481 e. The third-order valence-electron chi connectivity index (χ3n) is 5.63. The SMILES string of the molecule is O=C(O)C1CC12CCN(C(=O)COc1ccc(Cl)c3cccnc13)CC2. The summed E-state index contributed by atoms with van der Waals surface area (Å²) >= 11 is 6.17. The molecule has 0 bridgehead atoms. The summed E-state index contributed by atoms with van der Waals surface area (Å²) in [5.41, 5.74) is 0.549. The number of piperidine rings is 1. The Labute approximate surface area is 155 Å². The first-order chi connectivity index (χ1) is 12.5. The van der Waals surface area contributed by atoms with Crippen LogP contribution in [0.5, 0.6) is 5.75 Å². The molecule has 6 nitrogen and oxygen atoms in total. The van der Waals surface area contributed by atoms with E-state index < -0.39 is 5.97 Å². The van der Waals surface area contributed by atoms with Crippen molar-refractivity contribution in [2.75, 3.05) is 19.7 Å². The Hall–Kier alpha value is -2.34. The molecule has 1 aliphatic carbocycles. The van der Waals surface area contributed by atoms with Crippen molar-refractivity contribution >= 4 is 34.4 Å². The van der Waals surface area contributed by atoms with Crippen molar-refractivity contribution < 1.29 is 19.4 Å². The van der Waals surface area contributed by atoms with Crippen LogP contribution in [0.25, 0.3) is 10.9 Å². The highest BCUT2D eigenvalue weighted by Crippen LogP contribution is 2.59. The van der Waals surface area contributed by atoms with E-state index in [0.29, 0.717) is 29.4 Å². The molecule has 26 heavy (non-hydrogen) atoms. The molecule has 4 rings (SSSR count). The number of aromatic nitrogens is 1. The van der Waals surface area contributed by atoms with Gasteiger partial charge in [-0.25, -0.2) is 0 Å². The molecule has 1 atom stereocenters. The number of pyridine rings is 1. The van der Waals surface area contributed by atoms with Crippen molar-refractivity contribution in [2.24, 2.45) is 11.3 Å². The molecule has 1 saturated heterocycles. The van der Waals surface area contributed by atoms with Gasteiger partial charge in [-0.05, 0) is 48.9 Å². The van der Waals surface area contributed by atoms with Gasteiger partial charge in [0.2, 0.25) is 0 Å². The number of benzene rings is 1. The molecular weight excluding hydrogens is 356 g/mol. The second-order valence-corrected chi connectivity index (χ2v) is 7.48. The average molecular weight is 375 g/mol. The van der Waals surface area contributed by atoms with Gasteiger partial charge in [-0.3, -0.25) is 14.6 Å². The van der Waals surface area contributed by atoms with Gasteiger partial charge in [0.15, 0.2) is 6.61 Å². The number of rotatable bonds is 4. The maximum Gasteiger partial charge on any atom is 0.307 e. The number of carbonyl (C=O) groups excluding carboxylic acids is 1. The van der Waals surface area contributed by atoms with Gasteiger partial charge in [-0.1, -0.05) is 11.6 Å². The summed E-state index contributed by atoms with van der Waals surface area (Å²) in [4.78, 5) is 29.6. The van der Waals surface area contributed by atoms with Crippen molar-refractivity contribution in [3.05, 3.63) is 35.5 Å². The first-order valence-corrected chi connectivity index (χ1v) is 9.05. The number of fused-ring (bicyclic) bond motifs is 1. The Morgan fingerprint density at radius 2 is 2.08 bits per heavy atom. The van der Waals surface area contributed by atoms with E-state index in [0.717, 1.165) is 24.6 Å². The van der Waals surface area contributed by atoms with Crippen molar-refractivity contribution in [2.45, 2.75) is 19.3 Å². The maximum absolute atomic E-state index is 12.5. The second-order valence-electron chi connectivity index (χ2n) is 7.07. The van der Waals surface area contributed by atoms with Crippen LogP contribution in [-0.2, 0) is 9.59 Å². The number of aliphatic carboxylic acids is 1. The fraction of sp³-hybridized carbons (Fsp3) is 0.421. The van der Waals surface area contributed by atoms with Gasteiger partial charge in [0, 0.05) is 24.7 Å². The van der Waals surface area contributed by atoms with Crippen molar-refractivity contribution in [3.63, 3.8) is 0 Å². The summed E-state index contributed by atoms with van der Waals surface area (Å²) in [6.07, 6.45) is 3.90. The van der Waals surface area contributed by atoms with Crippen LogP contribution in [0.4, 0.5) is 0 Å². The van der Waals surface area contributed by atoms with Gasteiger partial charge in [0.25, 0.3) is 5.91 Å². The minimum absolute atomic E-state index is 0.0668. The van der Waals surface area contributed by atoms with Crippen LogP contribution in [0.1, 0.15) is 19.3 Å². The van der Waals surface area contributed by atoms with Crippen LogP contribution in [0.3, 0.4) is 0 Å². The fourth-order valence-electron chi connectivity index (χ4n) is 3.91. The standard InChI is InChI=1S/C19H19ClN2O4/c20-14-3-4-15(17-12(14)2-1-7-21-17)26-11-16(23)22-8-5-19(6-9-22)10-13(19)18(24)25/h1-4,7,13H,5-6,8-11H2,(H,24,25). The number of amides is 1. The van der Waals surface area contributed by atoms with Crippen molar-refractivity contribution in [1.29, 1.82) is 0 Å². The topological polar surface area (TPSA) is 79.7 Å². The smallest absolute Gasteiger partial charge is 0.307 e. The highest BCUT2D eigenvalue weighted by atomic mass is 35.5. The van der Waals surface area contributed by atoms with Gasteiger partial charge >= 0.3 is 5.97 Å². The summed E-state index contributed by atoms with van der Waals surface area (Å²) in [6, 6.07) is 7.11. The van der Waals surface area contributed by atoms with E-state index in [1.807, 2.05) is 6.07 Å². The number of carboxylic acids is 1. The van der Waals surface area contributed by atoms with Crippen LogP contribution in [0.2, 0.25) is 5.02 Å². The van der Waals surface area contributed by atoms with E-state index in [1.54, 1.807) is 29.3 Å². The molecule has 2 aromatic rings. The summed E-state index contributed by atoms with van der Waals surface area (Å²) in [5.74, 6) is -0.510. The Balaban J connectivity index is 1.37. The quantitative estimate of drug-likeness (QED) is 0.889. The van der Waals surface area contributed by atoms with Gasteiger partial charge in [0.05, 0.1) is 10.9 Å². The lowest BCUT2D eigenvalue weighted by molar-refractivity contribution is -0.140. The van der Waals surface area contributed by atoms with Gasteiger partial charge in [0.1, 0.15) is 11.3 Å². The molecule has 7 heteroatoms. The van der Waals surface area contributed by atoms with Crippen molar-refractivity contribution in [1.82, 2.24) is 9.88 Å². The summed E-state index contributed by atoms with van der Waals surface area (Å²) < 4.78 is 5.71. The molecule has 1 unspecified atom stereocenters. The first kappa shape index (κ1) is 17.1. The number of nitrogens with zero attached hydrogens (tertiary/aromatic N) is 2. The van der Waals surface area contributed by atoms with E-state index in [2.05, 4.69) is 4.98 Å². The molecular formula is C19H19ClN2O4. The minimum atomic E-state index is -0.713. The number of hydrogen-bond donors (Lipinski definition) is 1. The molecule has 1 saturated carbocycles. The molecule has 2 heterocycles. The largest absolute Gasteiger partial charge is 0.481 e. The van der Waals surface area contributed by atoms with Gasteiger partial charge < -0.3 is 14.7 Å². The highest BCUT2D eigenvalue weighted by molar-refractivity contribution is 6.35. The zero-order valence-corrected chi connectivity index (χ0v) is 14.9. The number of hydrogen-bond acceptors (Lipinski definition) is 4. The zero-order valence-electron chi connectivity index (χ0n) is 14.2. The van der Waals surface area contributed by atoms with E-state index in [4.69, 9.17) is 21.4 Å². The Morgan fingerprint density at radius 3 is 2.77 bits per heavy atom. The van der Waals surface area contributed by atoms with E-state index in [9.17, 15) is 9.59 Å². The van der Waals surface area contributed by atoms with Crippen LogP contribution in [0.15, 0.2) is 30.5 Å². The number of likely N-dealkylation sites (tertiary alicyclic amines) is 1. The lowest BCUT2D eigenvalue weighted by Gasteiger charge is -2.32. The number of ether oxygens (including phenoxy) is 1. The monoisotopic (exact) mass is 374 g/mol. The molecule has 136 valence electrons. The lowest BCUT2D eigenvalue weighted by Crippen LogP contribution is -2.42. The summed E-state index contributed by atoms with van der Waals surface area (Å²) in [5, 5.41) is 10.5. The van der Waals surface area contributed by atoms with E-state index >= 15 is 0 Å². The van der Waals surface area contributed by atoms with Crippen LogP contribution in [0, 0.1) is 11.3 Å². The average Bonchev–Trinajstić information content (AvgIpc) is 3.35. The highest BCUT2D eigenvalue weighted by Gasteiger charge is 2.59. The van der Waals surface area contributed by atoms with Crippen LogP contribution >= 0.6 is 11.6 Å². The molecule has 1 amide bonds. The van der Waals surface area contributed by atoms with Crippen LogP contribution in [-0.4, -0.2) is 46.6 Å². The molecule has 0 radical (unpaired) electrons. The second kappa shape index (κ2) is 6.43. The van der Waals surface area contributed by atoms with Gasteiger partial charge in [-0.2, -0.15) is 0 Å². The molecule has 1 aromatic heterocycles. The fourth-order valence-corrected chi connectivity index (χ4v) is 4.13. The Bertz CT molecular complexity index is 877. The summed E-state index contributed by atoms with van der Waals surface area (Å²) in [6.45, 7) is 1.11. The molecule has 2 fully saturated rings. The van der Waals surface area contributed by atoms with E-state index in [-0.39, 0.29) is 23.8 Å². The number of carbonyl (C=O) groups is 2. The Morgan fingerprint density at radius 1 is 1.31 bits per heavy atom. The Kier molecular flexibility index (Phi) is 4.23. The molecule has 1 aliphatic heterocycles. The molecule has 1 spiro atoms. The number of carboxylic acid groups (broad SMARTS) is 1. The van der Waals surface area contributed by atoms with E-state index in [1.165, 1.54) is 0 Å². The number of halogens is 1.